The van der Waals surface area contributed by atoms with E-state index in [0.717, 1.165) is 4.47 Å². The van der Waals surface area contributed by atoms with Crippen LogP contribution in [0.3, 0.4) is 0 Å². The maximum Gasteiger partial charge on any atom is 0.252 e. The predicted octanol–water partition coefficient (Wildman–Crippen LogP) is 1.21. The molecular weight excluding hydrogens is 298 g/mol. The topological polar surface area (TPSA) is 84.2 Å². The first-order chi connectivity index (χ1) is 8.45. The molecule has 0 bridgehead atoms. The molecule has 0 spiro atoms. The Kier molecular flexibility index (Phi) is 5.15. The van der Waals surface area contributed by atoms with Gasteiger partial charge in [0.25, 0.3) is 5.91 Å². The second-order valence-corrected chi connectivity index (χ2v) is 4.72. The van der Waals surface area contributed by atoms with Crippen LogP contribution < -0.4 is 16.4 Å². The fourth-order valence-electron chi connectivity index (χ4n) is 1.45. The van der Waals surface area contributed by atoms with Crippen LogP contribution in [0.5, 0.6) is 0 Å². The van der Waals surface area contributed by atoms with Crippen LogP contribution in [0.15, 0.2) is 16.6 Å². The Hall–Kier alpha value is -1.56. The van der Waals surface area contributed by atoms with Crippen molar-refractivity contribution in [3.05, 3.63) is 27.7 Å². The summed E-state index contributed by atoms with van der Waals surface area (Å²) in [6.45, 7) is 4.08. The molecule has 0 aliphatic carbocycles. The monoisotopic (exact) mass is 313 g/mol. The minimum atomic E-state index is -0.313. The van der Waals surface area contributed by atoms with E-state index in [9.17, 15) is 9.59 Å². The molecule has 6 heteroatoms. The summed E-state index contributed by atoms with van der Waals surface area (Å²) in [7, 11) is 0. The van der Waals surface area contributed by atoms with E-state index in [1.165, 1.54) is 0 Å². The van der Waals surface area contributed by atoms with E-state index >= 15 is 0 Å². The molecule has 1 aromatic carbocycles. The van der Waals surface area contributed by atoms with Crippen LogP contribution in [-0.4, -0.2) is 24.9 Å². The van der Waals surface area contributed by atoms with Gasteiger partial charge >= 0.3 is 0 Å². The third-order valence-electron chi connectivity index (χ3n) is 2.44. The summed E-state index contributed by atoms with van der Waals surface area (Å²) in [4.78, 5) is 23.1. The lowest BCUT2D eigenvalue weighted by Gasteiger charge is -2.10. The van der Waals surface area contributed by atoms with E-state index in [1.807, 2.05) is 6.92 Å². The number of nitrogens with one attached hydrogen (secondary N) is 2. The molecule has 0 unspecified atom stereocenters. The highest BCUT2D eigenvalue weighted by molar-refractivity contribution is 9.10. The highest BCUT2D eigenvalue weighted by Crippen LogP contribution is 2.22. The van der Waals surface area contributed by atoms with Gasteiger partial charge in [0.1, 0.15) is 0 Å². The van der Waals surface area contributed by atoms with Crippen molar-refractivity contribution in [2.45, 2.75) is 13.8 Å². The molecule has 0 fully saturated rings. The molecule has 0 saturated carbocycles. The Balaban J connectivity index is 2.76. The van der Waals surface area contributed by atoms with Crippen LogP contribution in [0.25, 0.3) is 0 Å². The standard InChI is InChI=1S/C12H16BrN3O2/c1-3-15-11(17)6-16-12(18)9-4-8(13)5-10(14)7(9)2/h4-5H,3,6,14H2,1-2H3,(H,15,17)(H,16,18). The van der Waals surface area contributed by atoms with E-state index in [4.69, 9.17) is 5.73 Å². The molecule has 0 aliphatic heterocycles. The normalized spacial score (nSPS) is 9.94. The highest BCUT2D eigenvalue weighted by atomic mass is 79.9. The minimum Gasteiger partial charge on any atom is -0.398 e. The summed E-state index contributed by atoms with van der Waals surface area (Å²) in [5, 5.41) is 5.15. The van der Waals surface area contributed by atoms with Gasteiger partial charge in [-0.15, -0.1) is 0 Å². The molecule has 0 aromatic heterocycles. The largest absolute Gasteiger partial charge is 0.398 e. The number of halogens is 1. The summed E-state index contributed by atoms with van der Waals surface area (Å²) < 4.78 is 0.730. The third-order valence-corrected chi connectivity index (χ3v) is 2.90. The number of anilines is 1. The van der Waals surface area contributed by atoms with E-state index in [-0.39, 0.29) is 18.4 Å². The van der Waals surface area contributed by atoms with Gasteiger partial charge in [0.2, 0.25) is 5.91 Å². The Morgan fingerprint density at radius 1 is 1.33 bits per heavy atom. The van der Waals surface area contributed by atoms with Gasteiger partial charge in [0.15, 0.2) is 0 Å². The molecule has 5 nitrogen and oxygen atoms in total. The second-order valence-electron chi connectivity index (χ2n) is 3.80. The zero-order chi connectivity index (χ0) is 13.7. The van der Waals surface area contributed by atoms with Gasteiger partial charge in [0, 0.05) is 22.3 Å². The van der Waals surface area contributed by atoms with Crippen molar-refractivity contribution in [1.82, 2.24) is 10.6 Å². The number of hydrogen-bond acceptors (Lipinski definition) is 3. The van der Waals surface area contributed by atoms with E-state index in [0.29, 0.717) is 23.4 Å². The lowest BCUT2D eigenvalue weighted by atomic mass is 10.1. The Morgan fingerprint density at radius 3 is 2.61 bits per heavy atom. The fourth-order valence-corrected chi connectivity index (χ4v) is 1.93. The van der Waals surface area contributed by atoms with Crippen molar-refractivity contribution in [2.75, 3.05) is 18.8 Å². The maximum absolute atomic E-state index is 11.9. The molecule has 0 radical (unpaired) electrons. The van der Waals surface area contributed by atoms with Gasteiger partial charge in [-0.1, -0.05) is 15.9 Å². The first kappa shape index (κ1) is 14.5. The molecule has 2 amide bonds. The smallest absolute Gasteiger partial charge is 0.252 e. The molecule has 0 aliphatic rings. The quantitative estimate of drug-likeness (QED) is 0.730. The molecule has 18 heavy (non-hydrogen) atoms. The molecule has 1 rings (SSSR count). The number of hydrogen-bond donors (Lipinski definition) is 3. The number of nitrogens with two attached hydrogens (primary N) is 1. The first-order valence-electron chi connectivity index (χ1n) is 5.56. The summed E-state index contributed by atoms with van der Waals surface area (Å²) in [6, 6.07) is 3.41. The summed E-state index contributed by atoms with van der Waals surface area (Å²) in [5.41, 5.74) is 7.47. The molecule has 4 N–H and O–H groups in total. The van der Waals surface area contributed by atoms with Crippen LogP contribution in [0.1, 0.15) is 22.8 Å². The number of nitrogen functional groups attached to an aromatic ring is 1. The number of carbonyl (C=O) groups is 2. The predicted molar refractivity (Wildman–Crippen MR) is 74.3 cm³/mol. The van der Waals surface area contributed by atoms with Gasteiger partial charge < -0.3 is 16.4 Å². The van der Waals surface area contributed by atoms with Crippen molar-refractivity contribution in [3.8, 4) is 0 Å². The van der Waals surface area contributed by atoms with Gasteiger partial charge in [-0.25, -0.2) is 0 Å². The lowest BCUT2D eigenvalue weighted by molar-refractivity contribution is -0.120. The first-order valence-corrected chi connectivity index (χ1v) is 6.35. The van der Waals surface area contributed by atoms with Gasteiger partial charge in [-0.05, 0) is 31.5 Å². The SMILES string of the molecule is CCNC(=O)CNC(=O)c1cc(Br)cc(N)c1C. The van der Waals surface area contributed by atoms with Crippen molar-refractivity contribution in [1.29, 1.82) is 0 Å². The second kappa shape index (κ2) is 6.39. The van der Waals surface area contributed by atoms with E-state index in [1.54, 1.807) is 19.1 Å². The summed E-state index contributed by atoms with van der Waals surface area (Å²) in [6.07, 6.45) is 0. The van der Waals surface area contributed by atoms with Crippen molar-refractivity contribution in [2.24, 2.45) is 0 Å². The van der Waals surface area contributed by atoms with Crippen LogP contribution in [0.2, 0.25) is 0 Å². The molecule has 1 aromatic rings. The van der Waals surface area contributed by atoms with Gasteiger partial charge in [0.05, 0.1) is 6.54 Å². The molecule has 0 atom stereocenters. The molecular formula is C12H16BrN3O2. The van der Waals surface area contributed by atoms with Crippen LogP contribution in [0.4, 0.5) is 5.69 Å². The van der Waals surface area contributed by atoms with E-state index in [2.05, 4.69) is 26.6 Å². The highest BCUT2D eigenvalue weighted by Gasteiger charge is 2.13. The number of amides is 2. The molecule has 98 valence electrons. The van der Waals surface area contributed by atoms with Crippen LogP contribution in [0, 0.1) is 6.92 Å². The van der Waals surface area contributed by atoms with Gasteiger partial charge in [-0.2, -0.15) is 0 Å². The van der Waals surface area contributed by atoms with Crippen molar-refractivity contribution in [3.63, 3.8) is 0 Å². The Labute approximate surface area is 114 Å². The van der Waals surface area contributed by atoms with Crippen LogP contribution >= 0.6 is 15.9 Å². The maximum atomic E-state index is 11.9. The number of likely N-dealkylation sites (N-methyl/N-ethyl adjacent to an activating group) is 1. The average molecular weight is 314 g/mol. The third kappa shape index (κ3) is 3.73. The molecule has 0 saturated heterocycles. The fraction of sp³-hybridized carbons (Fsp3) is 0.333. The lowest BCUT2D eigenvalue weighted by Crippen LogP contribution is -2.37. The number of benzene rings is 1. The minimum absolute atomic E-state index is 0.0431. The van der Waals surface area contributed by atoms with E-state index < -0.39 is 0 Å². The van der Waals surface area contributed by atoms with Crippen molar-refractivity contribution >= 4 is 33.4 Å². The summed E-state index contributed by atoms with van der Waals surface area (Å²) >= 11 is 3.28. The number of carbonyl (C=O) groups excluding carboxylic acids is 2. The van der Waals surface area contributed by atoms with Crippen LogP contribution in [-0.2, 0) is 4.79 Å². The zero-order valence-corrected chi connectivity index (χ0v) is 11.9. The summed E-state index contributed by atoms with van der Waals surface area (Å²) in [5.74, 6) is -0.529. The Bertz CT molecular complexity index is 475. The number of rotatable bonds is 4. The Morgan fingerprint density at radius 2 is 2.00 bits per heavy atom. The average Bonchev–Trinajstić information content (AvgIpc) is 2.31. The zero-order valence-electron chi connectivity index (χ0n) is 10.3. The van der Waals surface area contributed by atoms with Gasteiger partial charge in [-0.3, -0.25) is 9.59 Å². The molecule has 0 heterocycles. The van der Waals surface area contributed by atoms with Crippen molar-refractivity contribution < 1.29 is 9.59 Å².